The van der Waals surface area contributed by atoms with E-state index in [1.165, 1.54) is 23.1 Å². The third kappa shape index (κ3) is 3.06. The topological polar surface area (TPSA) is 12.0 Å². The van der Waals surface area contributed by atoms with Crippen LogP contribution in [0, 0.1) is 13.8 Å². The van der Waals surface area contributed by atoms with Gasteiger partial charge < -0.3 is 5.32 Å². The Kier molecular flexibility index (Phi) is 4.16. The van der Waals surface area contributed by atoms with Gasteiger partial charge in [-0.15, -0.1) is 0 Å². The smallest absolute Gasteiger partial charge is 0.119 e. The molecule has 1 heterocycles. The number of hydrogen-bond donors (Lipinski definition) is 1. The second-order valence-corrected chi connectivity index (χ2v) is 5.15. The van der Waals surface area contributed by atoms with Gasteiger partial charge in [0.25, 0.3) is 0 Å². The Labute approximate surface area is 103 Å². The van der Waals surface area contributed by atoms with Crippen molar-refractivity contribution in [3.8, 4) is 0 Å². The van der Waals surface area contributed by atoms with Crippen LogP contribution in [-0.4, -0.2) is 18.8 Å². The predicted molar refractivity (Wildman–Crippen MR) is 70.2 cm³/mol. The van der Waals surface area contributed by atoms with Crippen LogP contribution in [0.15, 0.2) is 18.2 Å². The van der Waals surface area contributed by atoms with Crippen molar-refractivity contribution in [2.75, 3.05) is 6.54 Å². The van der Waals surface area contributed by atoms with Crippen molar-refractivity contribution < 1.29 is 4.39 Å². The van der Waals surface area contributed by atoms with E-state index in [-0.39, 0.29) is 6.04 Å². The van der Waals surface area contributed by atoms with Crippen molar-refractivity contribution in [2.45, 2.75) is 51.7 Å². The van der Waals surface area contributed by atoms with Crippen molar-refractivity contribution in [1.82, 2.24) is 5.32 Å². The molecule has 1 aromatic carbocycles. The van der Waals surface area contributed by atoms with Crippen molar-refractivity contribution in [3.05, 3.63) is 34.9 Å². The summed E-state index contributed by atoms with van der Waals surface area (Å²) in [6.07, 6.45) is 3.12. The summed E-state index contributed by atoms with van der Waals surface area (Å²) in [6, 6.07) is 6.25. The van der Waals surface area contributed by atoms with E-state index in [2.05, 4.69) is 31.3 Å². The largest absolute Gasteiger partial charge is 0.311 e. The van der Waals surface area contributed by atoms with E-state index in [0.29, 0.717) is 6.42 Å². The number of hydrogen-bond acceptors (Lipinski definition) is 1. The molecular formula is C15H22FN. The average molecular weight is 235 g/mol. The van der Waals surface area contributed by atoms with E-state index in [0.717, 1.165) is 19.4 Å². The molecule has 1 saturated heterocycles. The lowest BCUT2D eigenvalue weighted by Crippen LogP contribution is -2.42. The Bertz CT molecular complexity index is 349. The second kappa shape index (κ2) is 5.63. The van der Waals surface area contributed by atoms with Gasteiger partial charge in [-0.05, 0) is 49.9 Å². The fourth-order valence-electron chi connectivity index (χ4n) is 2.70. The van der Waals surface area contributed by atoms with E-state index in [1.807, 2.05) is 6.07 Å². The summed E-state index contributed by atoms with van der Waals surface area (Å²) in [5, 5.41) is 3.30. The van der Waals surface area contributed by atoms with E-state index < -0.39 is 6.17 Å². The Morgan fingerprint density at radius 1 is 1.29 bits per heavy atom. The standard InChI is InChI=1S/C15H22FN/c1-11-6-5-7-12(2)13(11)10-14(16)15-8-3-4-9-17-15/h5-7,14-15,17H,3-4,8-10H2,1-2H3. The van der Waals surface area contributed by atoms with Crippen molar-refractivity contribution in [1.29, 1.82) is 0 Å². The highest BCUT2D eigenvalue weighted by Gasteiger charge is 2.23. The first kappa shape index (κ1) is 12.6. The van der Waals surface area contributed by atoms with Gasteiger partial charge in [0, 0.05) is 12.5 Å². The fraction of sp³-hybridized carbons (Fsp3) is 0.600. The second-order valence-electron chi connectivity index (χ2n) is 5.15. The minimum Gasteiger partial charge on any atom is -0.311 e. The summed E-state index contributed by atoms with van der Waals surface area (Å²) < 4.78 is 14.3. The summed E-state index contributed by atoms with van der Waals surface area (Å²) in [5.74, 6) is 0. The zero-order valence-corrected chi connectivity index (χ0v) is 10.8. The van der Waals surface area contributed by atoms with Gasteiger partial charge in [0.2, 0.25) is 0 Å². The van der Waals surface area contributed by atoms with Gasteiger partial charge in [-0.1, -0.05) is 24.6 Å². The van der Waals surface area contributed by atoms with Crippen LogP contribution < -0.4 is 5.32 Å². The van der Waals surface area contributed by atoms with Crippen molar-refractivity contribution in [2.24, 2.45) is 0 Å². The molecule has 17 heavy (non-hydrogen) atoms. The highest BCUT2D eigenvalue weighted by Crippen LogP contribution is 2.21. The summed E-state index contributed by atoms with van der Waals surface area (Å²) in [5.41, 5.74) is 3.61. The first-order valence-electron chi connectivity index (χ1n) is 6.61. The quantitative estimate of drug-likeness (QED) is 0.847. The molecule has 0 aliphatic carbocycles. The lowest BCUT2D eigenvalue weighted by molar-refractivity contribution is 0.216. The molecule has 1 aromatic rings. The van der Waals surface area contributed by atoms with Gasteiger partial charge in [0.15, 0.2) is 0 Å². The number of rotatable bonds is 3. The van der Waals surface area contributed by atoms with Crippen LogP contribution in [0.5, 0.6) is 0 Å². The normalized spacial score (nSPS) is 22.4. The average Bonchev–Trinajstić information content (AvgIpc) is 2.35. The zero-order chi connectivity index (χ0) is 12.3. The molecule has 1 N–H and O–H groups in total. The molecule has 1 nitrogen and oxygen atoms in total. The van der Waals surface area contributed by atoms with Crippen LogP contribution in [-0.2, 0) is 6.42 Å². The van der Waals surface area contributed by atoms with Crippen LogP contribution in [0.3, 0.4) is 0 Å². The maximum Gasteiger partial charge on any atom is 0.119 e. The minimum absolute atomic E-state index is 0.0581. The number of halogens is 1. The van der Waals surface area contributed by atoms with Gasteiger partial charge in [-0.25, -0.2) is 4.39 Å². The molecule has 2 unspecified atom stereocenters. The van der Waals surface area contributed by atoms with E-state index in [9.17, 15) is 4.39 Å². The zero-order valence-electron chi connectivity index (χ0n) is 10.8. The van der Waals surface area contributed by atoms with Crippen molar-refractivity contribution in [3.63, 3.8) is 0 Å². The highest BCUT2D eigenvalue weighted by molar-refractivity contribution is 5.34. The molecule has 0 aromatic heterocycles. The molecule has 0 bridgehead atoms. The summed E-state index contributed by atoms with van der Waals surface area (Å²) >= 11 is 0. The van der Waals surface area contributed by atoms with Crippen LogP contribution in [0.1, 0.15) is 36.0 Å². The first-order valence-corrected chi connectivity index (χ1v) is 6.61. The molecule has 94 valence electrons. The number of piperidine rings is 1. The molecule has 1 fully saturated rings. The molecule has 1 aliphatic heterocycles. The lowest BCUT2D eigenvalue weighted by atomic mass is 9.92. The van der Waals surface area contributed by atoms with Gasteiger partial charge in [-0.3, -0.25) is 0 Å². The molecule has 0 saturated carbocycles. The Hall–Kier alpha value is -0.890. The number of aryl methyl sites for hydroxylation is 2. The lowest BCUT2D eigenvalue weighted by Gasteiger charge is -2.27. The van der Waals surface area contributed by atoms with Crippen LogP contribution in [0.25, 0.3) is 0 Å². The molecule has 0 spiro atoms. The van der Waals surface area contributed by atoms with Gasteiger partial charge >= 0.3 is 0 Å². The minimum atomic E-state index is -0.755. The molecule has 2 atom stereocenters. The third-order valence-electron chi connectivity index (χ3n) is 3.83. The summed E-state index contributed by atoms with van der Waals surface area (Å²) in [6.45, 7) is 5.12. The van der Waals surface area contributed by atoms with Crippen molar-refractivity contribution >= 4 is 0 Å². The number of benzene rings is 1. The summed E-state index contributed by atoms with van der Waals surface area (Å²) in [7, 11) is 0. The molecule has 0 radical (unpaired) electrons. The Morgan fingerprint density at radius 2 is 2.00 bits per heavy atom. The van der Waals surface area contributed by atoms with E-state index >= 15 is 0 Å². The maximum atomic E-state index is 14.3. The first-order chi connectivity index (χ1) is 8.18. The molecular weight excluding hydrogens is 213 g/mol. The fourth-order valence-corrected chi connectivity index (χ4v) is 2.70. The maximum absolute atomic E-state index is 14.3. The van der Waals surface area contributed by atoms with Gasteiger partial charge in [0.05, 0.1) is 0 Å². The summed E-state index contributed by atoms with van der Waals surface area (Å²) in [4.78, 5) is 0. The van der Waals surface area contributed by atoms with Crippen LogP contribution in [0.2, 0.25) is 0 Å². The molecule has 2 rings (SSSR count). The third-order valence-corrected chi connectivity index (χ3v) is 3.83. The van der Waals surface area contributed by atoms with Gasteiger partial charge in [-0.2, -0.15) is 0 Å². The van der Waals surface area contributed by atoms with Gasteiger partial charge in [0.1, 0.15) is 6.17 Å². The molecule has 2 heteroatoms. The van der Waals surface area contributed by atoms with Crippen LogP contribution in [0.4, 0.5) is 4.39 Å². The Balaban J connectivity index is 2.04. The van der Waals surface area contributed by atoms with E-state index in [4.69, 9.17) is 0 Å². The molecule has 0 amide bonds. The Morgan fingerprint density at radius 3 is 2.59 bits per heavy atom. The highest BCUT2D eigenvalue weighted by atomic mass is 19.1. The SMILES string of the molecule is Cc1cccc(C)c1CC(F)C1CCCCN1. The monoisotopic (exact) mass is 235 g/mol. The van der Waals surface area contributed by atoms with E-state index in [1.54, 1.807) is 0 Å². The number of alkyl halides is 1. The predicted octanol–water partition coefficient (Wildman–Crippen LogP) is 3.33. The number of nitrogens with one attached hydrogen (secondary N) is 1. The molecule has 1 aliphatic rings. The van der Waals surface area contributed by atoms with Crippen LogP contribution >= 0.6 is 0 Å².